The van der Waals surface area contributed by atoms with Gasteiger partial charge in [0.2, 0.25) is 0 Å². The van der Waals surface area contributed by atoms with E-state index in [9.17, 15) is 4.39 Å². The lowest BCUT2D eigenvalue weighted by Gasteiger charge is -2.16. The maximum atomic E-state index is 9.50. The van der Waals surface area contributed by atoms with Gasteiger partial charge in [-0.2, -0.15) is 0 Å². The van der Waals surface area contributed by atoms with E-state index in [0.717, 1.165) is 28.0 Å². The molecule has 3 rings (SSSR count). The fourth-order valence-corrected chi connectivity index (χ4v) is 2.40. The van der Waals surface area contributed by atoms with Gasteiger partial charge in [0.15, 0.2) is 11.3 Å². The molecule has 0 radical (unpaired) electrons. The molecule has 0 saturated heterocycles. The number of nitrogens with one attached hydrogen (secondary N) is 1. The first-order chi connectivity index (χ1) is 10.5. The number of nitrogens with zero attached hydrogens (tertiary/aromatic N) is 2. The molecule has 0 amide bonds. The predicted molar refractivity (Wildman–Crippen MR) is 87.3 cm³/mol. The zero-order valence-corrected chi connectivity index (χ0v) is 13.5. The van der Waals surface area contributed by atoms with Gasteiger partial charge in [-0.1, -0.05) is 0 Å². The Bertz CT molecular complexity index is 839. The summed E-state index contributed by atoms with van der Waals surface area (Å²) in [5.74, 6) is 0.654. The molecule has 1 aromatic carbocycles. The van der Waals surface area contributed by atoms with Gasteiger partial charge >= 0.3 is 0 Å². The first-order valence-corrected chi connectivity index (χ1v) is 6.91. The summed E-state index contributed by atoms with van der Waals surface area (Å²) in [6.07, 6.45) is 0. The number of hydrogen-bond donors (Lipinski definition) is 1. The third-order valence-electron chi connectivity index (χ3n) is 3.53. The molecular formula is C17H20FN3O. The van der Waals surface area contributed by atoms with Gasteiger partial charge < -0.3 is 14.7 Å². The van der Waals surface area contributed by atoms with E-state index < -0.39 is 0 Å². The molecule has 5 heteroatoms. The fraction of sp³-hybridized carbons (Fsp3) is 0.294. The molecule has 2 aliphatic rings. The van der Waals surface area contributed by atoms with Crippen molar-refractivity contribution < 1.29 is 8.81 Å². The second-order valence-electron chi connectivity index (χ2n) is 5.35. The van der Waals surface area contributed by atoms with Crippen LogP contribution in [0.3, 0.4) is 0 Å². The number of aromatic nitrogens is 1. The van der Waals surface area contributed by atoms with E-state index in [0.29, 0.717) is 18.3 Å². The maximum Gasteiger partial charge on any atom is 0.155 e. The van der Waals surface area contributed by atoms with Gasteiger partial charge in [-0.3, -0.25) is 4.39 Å². The van der Waals surface area contributed by atoms with Gasteiger partial charge in [-0.15, -0.1) is 0 Å². The zero-order chi connectivity index (χ0) is 16.4. The number of aryl methyl sites for hydroxylation is 2. The maximum absolute atomic E-state index is 9.50. The van der Waals surface area contributed by atoms with Crippen LogP contribution < -0.4 is 10.3 Å². The molecule has 0 unspecified atom stereocenters. The molecule has 0 bridgehead atoms. The first-order valence-electron chi connectivity index (χ1n) is 6.91. The molecule has 1 aliphatic heterocycles. The highest BCUT2D eigenvalue weighted by molar-refractivity contribution is 5.81. The summed E-state index contributed by atoms with van der Waals surface area (Å²) in [5, 5.41) is 8.33. The largest absolute Gasteiger partial charge is 0.453 e. The number of fused-ring (bicyclic) bond motifs is 2. The highest BCUT2D eigenvalue weighted by atomic mass is 19.1. The highest BCUT2D eigenvalue weighted by Gasteiger charge is 2.12. The lowest BCUT2D eigenvalue weighted by Crippen LogP contribution is -2.10. The SMILES string of the molecule is CF.Cc1cc2nc3cc(C)c(=N)cc-3oc2cc1N(C)C. The van der Waals surface area contributed by atoms with Crippen LogP contribution in [0.2, 0.25) is 0 Å². The van der Waals surface area contributed by atoms with Crippen LogP contribution in [0.25, 0.3) is 22.6 Å². The van der Waals surface area contributed by atoms with Crippen LogP contribution in [0.15, 0.2) is 28.7 Å². The van der Waals surface area contributed by atoms with Crippen molar-refractivity contribution in [1.29, 1.82) is 5.41 Å². The van der Waals surface area contributed by atoms with E-state index in [4.69, 9.17) is 9.83 Å². The Morgan fingerprint density at radius 2 is 1.73 bits per heavy atom. The predicted octanol–water partition coefficient (Wildman–Crippen LogP) is 3.68. The number of alkyl halides is 1. The Balaban J connectivity index is 0.000000847. The average Bonchev–Trinajstić information content (AvgIpc) is 2.48. The van der Waals surface area contributed by atoms with Gasteiger partial charge in [0.25, 0.3) is 0 Å². The summed E-state index contributed by atoms with van der Waals surface area (Å²) in [4.78, 5) is 6.70. The van der Waals surface area contributed by atoms with Gasteiger partial charge in [0.1, 0.15) is 11.2 Å². The van der Waals surface area contributed by atoms with Crippen molar-refractivity contribution in [2.24, 2.45) is 0 Å². The average molecular weight is 301 g/mol. The Hall–Kier alpha value is -2.43. The van der Waals surface area contributed by atoms with Crippen LogP contribution in [-0.2, 0) is 0 Å². The smallest absolute Gasteiger partial charge is 0.155 e. The van der Waals surface area contributed by atoms with Gasteiger partial charge in [-0.05, 0) is 37.1 Å². The van der Waals surface area contributed by atoms with Crippen molar-refractivity contribution in [3.63, 3.8) is 0 Å². The Labute approximate surface area is 129 Å². The molecule has 0 aromatic heterocycles. The lowest BCUT2D eigenvalue weighted by molar-refractivity contribution is 0.611. The molecule has 1 N–H and O–H groups in total. The molecule has 1 heterocycles. The summed E-state index contributed by atoms with van der Waals surface area (Å²) in [7, 11) is 4.52. The van der Waals surface area contributed by atoms with Gasteiger partial charge in [0, 0.05) is 31.9 Å². The second-order valence-corrected chi connectivity index (χ2v) is 5.35. The second kappa shape index (κ2) is 6.13. The van der Waals surface area contributed by atoms with E-state index in [1.54, 1.807) is 6.07 Å². The minimum Gasteiger partial charge on any atom is -0.453 e. The summed E-state index contributed by atoms with van der Waals surface area (Å²) in [6, 6.07) is 7.67. The molecule has 116 valence electrons. The van der Waals surface area contributed by atoms with E-state index in [1.165, 1.54) is 5.56 Å². The Morgan fingerprint density at radius 1 is 1.05 bits per heavy atom. The van der Waals surface area contributed by atoms with E-state index in [1.807, 2.05) is 39.2 Å². The molecule has 22 heavy (non-hydrogen) atoms. The van der Waals surface area contributed by atoms with Crippen molar-refractivity contribution in [2.45, 2.75) is 13.8 Å². The van der Waals surface area contributed by atoms with Crippen LogP contribution in [0.4, 0.5) is 10.1 Å². The molecule has 0 saturated carbocycles. The number of hydrogen-bond acceptors (Lipinski definition) is 4. The fourth-order valence-electron chi connectivity index (χ4n) is 2.40. The summed E-state index contributed by atoms with van der Waals surface area (Å²) in [5.41, 5.74) is 5.57. The number of benzene rings is 2. The minimum atomic E-state index is 0.474. The Kier molecular flexibility index (Phi) is 4.45. The molecular weight excluding hydrogens is 281 g/mol. The van der Waals surface area contributed by atoms with E-state index >= 15 is 0 Å². The summed E-state index contributed by atoms with van der Waals surface area (Å²) in [6.45, 7) is 3.98. The molecule has 0 atom stereocenters. The molecule has 0 fully saturated rings. The molecule has 1 aliphatic carbocycles. The van der Waals surface area contributed by atoms with E-state index in [2.05, 4.69) is 16.8 Å². The summed E-state index contributed by atoms with van der Waals surface area (Å²) >= 11 is 0. The van der Waals surface area contributed by atoms with Crippen LogP contribution in [0.5, 0.6) is 0 Å². The van der Waals surface area contributed by atoms with Crippen molar-refractivity contribution in [2.75, 3.05) is 26.2 Å². The van der Waals surface area contributed by atoms with Crippen LogP contribution in [-0.4, -0.2) is 26.3 Å². The molecule has 1 aromatic rings. The van der Waals surface area contributed by atoms with Crippen LogP contribution >= 0.6 is 0 Å². The van der Waals surface area contributed by atoms with Crippen molar-refractivity contribution in [3.8, 4) is 11.5 Å². The topological polar surface area (TPSA) is 53.1 Å². The number of halogens is 1. The van der Waals surface area contributed by atoms with Crippen molar-refractivity contribution >= 4 is 16.8 Å². The molecule has 4 nitrogen and oxygen atoms in total. The quantitative estimate of drug-likeness (QED) is 0.698. The van der Waals surface area contributed by atoms with Gasteiger partial charge in [-0.25, -0.2) is 4.98 Å². The van der Waals surface area contributed by atoms with Crippen LogP contribution in [0, 0.1) is 19.3 Å². The number of rotatable bonds is 1. The minimum absolute atomic E-state index is 0.474. The lowest BCUT2D eigenvalue weighted by atomic mass is 10.1. The monoisotopic (exact) mass is 301 g/mol. The van der Waals surface area contributed by atoms with Crippen molar-refractivity contribution in [1.82, 2.24) is 4.98 Å². The standard InChI is InChI=1S/C16H17N3O.CH3F/c1-9-5-12-15(7-11(9)17)20-16-8-14(19(3)4)10(2)6-13(16)18-12;1-2/h5-8,17H,1-4H3;1H3. The van der Waals surface area contributed by atoms with Crippen LogP contribution in [0.1, 0.15) is 11.1 Å². The zero-order valence-electron chi connectivity index (χ0n) is 13.5. The summed E-state index contributed by atoms with van der Waals surface area (Å²) < 4.78 is 15.4. The number of anilines is 1. The first kappa shape index (κ1) is 15.9. The van der Waals surface area contributed by atoms with E-state index in [-0.39, 0.29) is 0 Å². The van der Waals surface area contributed by atoms with Crippen molar-refractivity contribution in [3.05, 3.63) is 40.7 Å². The third-order valence-corrected chi connectivity index (χ3v) is 3.53. The third kappa shape index (κ3) is 2.79. The normalized spacial score (nSPS) is 10.5. The highest BCUT2D eigenvalue weighted by Crippen LogP contribution is 2.29. The Morgan fingerprint density at radius 3 is 2.36 bits per heavy atom. The van der Waals surface area contributed by atoms with Gasteiger partial charge in [0.05, 0.1) is 12.5 Å². The molecule has 0 spiro atoms.